The predicted molar refractivity (Wildman–Crippen MR) is 143 cm³/mol. The Morgan fingerprint density at radius 3 is 2.78 bits per heavy atom. The van der Waals surface area contributed by atoms with E-state index in [4.69, 9.17) is 16.3 Å². The average Bonchev–Trinajstić information content (AvgIpc) is 3.22. The van der Waals surface area contributed by atoms with Gasteiger partial charge in [-0.2, -0.15) is 0 Å². The Bertz CT molecular complexity index is 1480. The molecule has 192 valence electrons. The SMILES string of the molecule is Cc1cnccc1CNC(=O)CN1CC(C)(C)OCC1C(=O)Nc1cc(Cl)cc2c1[nH]c1cnccc12. The van der Waals surface area contributed by atoms with Crippen LogP contribution in [0.5, 0.6) is 0 Å². The number of hydrogen-bond donors (Lipinski definition) is 3. The number of ether oxygens (including phenoxy) is 1. The van der Waals surface area contributed by atoms with Crippen molar-refractivity contribution in [1.82, 2.24) is 25.2 Å². The van der Waals surface area contributed by atoms with Gasteiger partial charge in [0.15, 0.2) is 0 Å². The largest absolute Gasteiger partial charge is 0.372 e. The minimum Gasteiger partial charge on any atom is -0.372 e. The molecule has 10 heteroatoms. The summed E-state index contributed by atoms with van der Waals surface area (Å²) in [5.74, 6) is -0.436. The maximum atomic E-state index is 13.5. The second-order valence-electron chi connectivity index (χ2n) is 9.98. The number of H-pyrrole nitrogens is 1. The van der Waals surface area contributed by atoms with Gasteiger partial charge in [-0.15, -0.1) is 0 Å². The van der Waals surface area contributed by atoms with E-state index in [-0.39, 0.29) is 25.0 Å². The molecule has 4 aromatic rings. The van der Waals surface area contributed by atoms with Crippen molar-refractivity contribution >= 4 is 50.9 Å². The number of aromatic amines is 1. The molecule has 1 aliphatic rings. The molecule has 4 heterocycles. The van der Waals surface area contributed by atoms with Gasteiger partial charge >= 0.3 is 0 Å². The monoisotopic (exact) mass is 520 g/mol. The van der Waals surface area contributed by atoms with Crippen LogP contribution in [0.2, 0.25) is 5.02 Å². The van der Waals surface area contributed by atoms with Gasteiger partial charge in [0.1, 0.15) is 6.04 Å². The zero-order valence-corrected chi connectivity index (χ0v) is 21.7. The number of pyridine rings is 2. The Hall–Kier alpha value is -3.53. The topological polar surface area (TPSA) is 112 Å². The molecule has 1 aromatic carbocycles. The van der Waals surface area contributed by atoms with E-state index in [0.717, 1.165) is 32.9 Å². The Kier molecular flexibility index (Phi) is 6.85. The summed E-state index contributed by atoms with van der Waals surface area (Å²) in [6.45, 7) is 6.91. The van der Waals surface area contributed by atoms with Crippen molar-refractivity contribution in [2.75, 3.05) is 25.0 Å². The highest BCUT2D eigenvalue weighted by Crippen LogP contribution is 2.33. The second-order valence-corrected chi connectivity index (χ2v) is 10.4. The Morgan fingerprint density at radius 2 is 1.97 bits per heavy atom. The molecule has 1 atom stereocenters. The highest BCUT2D eigenvalue weighted by molar-refractivity contribution is 6.33. The summed E-state index contributed by atoms with van der Waals surface area (Å²) in [6.07, 6.45) is 6.92. The van der Waals surface area contributed by atoms with Crippen LogP contribution in [-0.4, -0.2) is 63.0 Å². The number of hydrogen-bond acceptors (Lipinski definition) is 6. The molecule has 9 nitrogen and oxygen atoms in total. The highest BCUT2D eigenvalue weighted by atomic mass is 35.5. The number of nitrogens with zero attached hydrogens (tertiary/aromatic N) is 3. The number of fused-ring (bicyclic) bond motifs is 3. The van der Waals surface area contributed by atoms with Crippen LogP contribution < -0.4 is 10.6 Å². The van der Waals surface area contributed by atoms with Crippen LogP contribution in [0.4, 0.5) is 5.69 Å². The Labute approximate surface area is 219 Å². The molecule has 0 saturated carbocycles. The molecule has 1 aliphatic heterocycles. The van der Waals surface area contributed by atoms with Crippen molar-refractivity contribution in [3.05, 3.63) is 65.2 Å². The van der Waals surface area contributed by atoms with Crippen molar-refractivity contribution in [2.45, 2.75) is 39.0 Å². The molecule has 3 aromatic heterocycles. The van der Waals surface area contributed by atoms with E-state index in [2.05, 4.69) is 25.6 Å². The number of aromatic nitrogens is 3. The fourth-order valence-electron chi connectivity index (χ4n) is 4.73. The summed E-state index contributed by atoms with van der Waals surface area (Å²) < 4.78 is 5.97. The molecule has 1 saturated heterocycles. The fraction of sp³-hybridized carbons (Fsp3) is 0.333. The molecule has 5 rings (SSSR count). The summed E-state index contributed by atoms with van der Waals surface area (Å²) in [6, 6.07) is 6.71. The van der Waals surface area contributed by atoms with Crippen LogP contribution in [-0.2, 0) is 20.9 Å². The molecule has 37 heavy (non-hydrogen) atoms. The number of benzene rings is 1. The molecular formula is C27H29ClN6O3. The maximum absolute atomic E-state index is 13.5. The molecule has 1 fully saturated rings. The van der Waals surface area contributed by atoms with Gasteiger partial charge in [0.05, 0.1) is 41.7 Å². The zero-order chi connectivity index (χ0) is 26.2. The third kappa shape index (κ3) is 5.44. The lowest BCUT2D eigenvalue weighted by molar-refractivity contribution is -0.146. The predicted octanol–water partition coefficient (Wildman–Crippen LogP) is 3.81. The maximum Gasteiger partial charge on any atom is 0.244 e. The van der Waals surface area contributed by atoms with Crippen molar-refractivity contribution in [2.24, 2.45) is 0 Å². The van der Waals surface area contributed by atoms with Gasteiger partial charge < -0.3 is 20.4 Å². The minimum atomic E-state index is -0.651. The van der Waals surface area contributed by atoms with Gasteiger partial charge in [0.2, 0.25) is 11.8 Å². The summed E-state index contributed by atoms with van der Waals surface area (Å²) >= 11 is 6.41. The molecule has 0 aliphatic carbocycles. The summed E-state index contributed by atoms with van der Waals surface area (Å²) in [7, 11) is 0. The van der Waals surface area contributed by atoms with Crippen molar-refractivity contribution < 1.29 is 14.3 Å². The van der Waals surface area contributed by atoms with Gasteiger partial charge in [0.25, 0.3) is 0 Å². The number of carbonyl (C=O) groups excluding carboxylic acids is 2. The molecule has 0 radical (unpaired) electrons. The first-order valence-electron chi connectivity index (χ1n) is 12.1. The second kappa shape index (κ2) is 10.1. The highest BCUT2D eigenvalue weighted by Gasteiger charge is 2.38. The lowest BCUT2D eigenvalue weighted by Gasteiger charge is -2.42. The molecule has 0 spiro atoms. The van der Waals surface area contributed by atoms with E-state index in [1.165, 1.54) is 0 Å². The van der Waals surface area contributed by atoms with Crippen LogP contribution in [0.15, 0.2) is 49.1 Å². The van der Waals surface area contributed by atoms with Crippen LogP contribution in [0.1, 0.15) is 25.0 Å². The minimum absolute atomic E-state index is 0.0675. The normalized spacial score (nSPS) is 17.7. The standard InChI is InChI=1S/C27H29ClN6O3/c1-16-10-29-6-4-17(16)11-31-24(35)13-34-15-27(2,3)37-14-23(34)26(36)33-21-9-18(28)8-20-19-5-7-30-12-22(19)32-25(20)21/h4-10,12,23,32H,11,13-15H2,1-3H3,(H,31,35)(H,33,36). The first-order valence-corrected chi connectivity index (χ1v) is 12.5. The van der Waals surface area contributed by atoms with Crippen LogP contribution in [0, 0.1) is 6.92 Å². The van der Waals surface area contributed by atoms with Crippen molar-refractivity contribution in [3.8, 4) is 0 Å². The van der Waals surface area contributed by atoms with E-state index in [1.807, 2.05) is 43.9 Å². The van der Waals surface area contributed by atoms with Gasteiger partial charge in [-0.3, -0.25) is 24.5 Å². The number of amides is 2. The number of nitrogens with one attached hydrogen (secondary N) is 3. The van der Waals surface area contributed by atoms with Crippen molar-refractivity contribution in [1.29, 1.82) is 0 Å². The number of anilines is 1. The third-order valence-electron chi connectivity index (χ3n) is 6.65. The van der Waals surface area contributed by atoms with Gasteiger partial charge in [0, 0.05) is 47.5 Å². The molecule has 3 N–H and O–H groups in total. The number of halogens is 1. The Balaban J connectivity index is 1.34. The first kappa shape index (κ1) is 25.1. The molecule has 0 bridgehead atoms. The molecule has 1 unspecified atom stereocenters. The Morgan fingerprint density at radius 1 is 1.19 bits per heavy atom. The van der Waals surface area contributed by atoms with Crippen molar-refractivity contribution in [3.63, 3.8) is 0 Å². The quantitative estimate of drug-likeness (QED) is 0.356. The zero-order valence-electron chi connectivity index (χ0n) is 21.0. The lowest BCUT2D eigenvalue weighted by Crippen LogP contribution is -2.60. The molecular weight excluding hydrogens is 492 g/mol. The van der Waals surface area contributed by atoms with E-state index in [0.29, 0.717) is 23.8 Å². The lowest BCUT2D eigenvalue weighted by atomic mass is 10.0. The van der Waals surface area contributed by atoms with Crippen LogP contribution >= 0.6 is 11.6 Å². The van der Waals surface area contributed by atoms with Crippen LogP contribution in [0.25, 0.3) is 21.8 Å². The number of morpholine rings is 1. The molecule has 2 amide bonds. The first-order chi connectivity index (χ1) is 17.7. The van der Waals surface area contributed by atoms with E-state index in [9.17, 15) is 9.59 Å². The number of aryl methyl sites for hydroxylation is 1. The van der Waals surface area contributed by atoms with E-state index < -0.39 is 11.6 Å². The van der Waals surface area contributed by atoms with E-state index >= 15 is 0 Å². The van der Waals surface area contributed by atoms with E-state index in [1.54, 1.807) is 30.9 Å². The third-order valence-corrected chi connectivity index (χ3v) is 6.87. The smallest absolute Gasteiger partial charge is 0.244 e. The fourth-order valence-corrected chi connectivity index (χ4v) is 4.95. The van der Waals surface area contributed by atoms with Gasteiger partial charge in [-0.05, 0) is 56.2 Å². The number of carbonyl (C=O) groups is 2. The van der Waals surface area contributed by atoms with Gasteiger partial charge in [-0.1, -0.05) is 11.6 Å². The average molecular weight is 521 g/mol. The van der Waals surface area contributed by atoms with Gasteiger partial charge in [-0.25, -0.2) is 0 Å². The number of rotatable bonds is 6. The summed E-state index contributed by atoms with van der Waals surface area (Å²) in [4.78, 5) is 39.9. The summed E-state index contributed by atoms with van der Waals surface area (Å²) in [5.41, 5.74) is 3.68. The summed E-state index contributed by atoms with van der Waals surface area (Å²) in [5, 5.41) is 8.34. The van der Waals surface area contributed by atoms with Crippen LogP contribution in [0.3, 0.4) is 0 Å².